The van der Waals surface area contributed by atoms with E-state index >= 15 is 0 Å². The molecule has 3 aromatic rings. The van der Waals surface area contributed by atoms with Crippen LogP contribution in [0, 0.1) is 0 Å². The fourth-order valence-corrected chi connectivity index (χ4v) is 3.44. The first-order chi connectivity index (χ1) is 13.7. The number of aromatic nitrogens is 2. The molecule has 1 aromatic heterocycles. The van der Waals surface area contributed by atoms with Crippen molar-refractivity contribution in [3.8, 4) is 11.5 Å². The molecule has 8 heteroatoms. The van der Waals surface area contributed by atoms with Crippen LogP contribution >= 0.6 is 11.8 Å². The van der Waals surface area contributed by atoms with E-state index in [-0.39, 0.29) is 18.0 Å². The average molecular weight is 397 g/mol. The molecule has 0 saturated carbocycles. The smallest absolute Gasteiger partial charge is 0.277 e. The highest BCUT2D eigenvalue weighted by Crippen LogP contribution is 2.32. The molecule has 2 heterocycles. The van der Waals surface area contributed by atoms with Gasteiger partial charge in [-0.15, -0.1) is 10.2 Å². The van der Waals surface area contributed by atoms with E-state index in [9.17, 15) is 4.79 Å². The first kappa shape index (κ1) is 18.4. The van der Waals surface area contributed by atoms with Crippen molar-refractivity contribution in [2.45, 2.75) is 30.4 Å². The van der Waals surface area contributed by atoms with Crippen molar-refractivity contribution in [3.63, 3.8) is 0 Å². The Balaban J connectivity index is 1.28. The molecule has 0 fully saturated rings. The monoisotopic (exact) mass is 397 g/mol. The molecule has 1 aliphatic rings. The van der Waals surface area contributed by atoms with Gasteiger partial charge in [-0.05, 0) is 30.2 Å². The lowest BCUT2D eigenvalue weighted by atomic mass is 10.2. The van der Waals surface area contributed by atoms with Gasteiger partial charge in [-0.2, -0.15) is 0 Å². The highest BCUT2D eigenvalue weighted by Gasteiger charge is 2.19. The van der Waals surface area contributed by atoms with E-state index < -0.39 is 0 Å². The summed E-state index contributed by atoms with van der Waals surface area (Å²) in [6, 6.07) is 15.5. The SMILES string of the molecule is CC(Sc1nnc(Cc2ccccc2)o1)C(=O)NCc1ccc2c(c1)OCO2. The van der Waals surface area contributed by atoms with Crippen molar-refractivity contribution >= 4 is 17.7 Å². The molecule has 1 N–H and O–H groups in total. The van der Waals surface area contributed by atoms with Gasteiger partial charge in [-0.1, -0.05) is 48.2 Å². The van der Waals surface area contributed by atoms with Crippen LogP contribution in [0.3, 0.4) is 0 Å². The number of nitrogens with one attached hydrogen (secondary N) is 1. The molecular weight excluding hydrogens is 378 g/mol. The third kappa shape index (κ3) is 4.45. The van der Waals surface area contributed by atoms with Crippen LogP contribution in [0.15, 0.2) is 58.2 Å². The van der Waals surface area contributed by atoms with E-state index in [2.05, 4.69) is 15.5 Å². The molecule has 0 saturated heterocycles. The largest absolute Gasteiger partial charge is 0.454 e. The minimum Gasteiger partial charge on any atom is -0.454 e. The summed E-state index contributed by atoms with van der Waals surface area (Å²) in [5.74, 6) is 1.85. The summed E-state index contributed by atoms with van der Waals surface area (Å²) >= 11 is 1.24. The molecule has 2 aromatic carbocycles. The number of fused-ring (bicyclic) bond motifs is 1. The minimum atomic E-state index is -0.362. The Labute approximate surface area is 166 Å². The highest BCUT2D eigenvalue weighted by atomic mass is 32.2. The Kier molecular flexibility index (Phi) is 5.48. The molecule has 0 bridgehead atoms. The van der Waals surface area contributed by atoms with Crippen LogP contribution in [-0.2, 0) is 17.8 Å². The van der Waals surface area contributed by atoms with Gasteiger partial charge in [0.1, 0.15) is 0 Å². The number of benzene rings is 2. The molecule has 144 valence electrons. The molecule has 1 unspecified atom stereocenters. The first-order valence-electron chi connectivity index (χ1n) is 8.86. The van der Waals surface area contributed by atoms with Crippen molar-refractivity contribution in [1.29, 1.82) is 0 Å². The molecule has 0 aliphatic carbocycles. The van der Waals surface area contributed by atoms with E-state index in [0.717, 1.165) is 16.9 Å². The van der Waals surface area contributed by atoms with E-state index in [0.29, 0.717) is 29.8 Å². The summed E-state index contributed by atoms with van der Waals surface area (Å²) < 4.78 is 16.3. The molecule has 1 aliphatic heterocycles. The second-order valence-corrected chi connectivity index (χ2v) is 7.58. The first-order valence-corrected chi connectivity index (χ1v) is 9.74. The molecule has 0 spiro atoms. The van der Waals surface area contributed by atoms with Crippen molar-refractivity contribution in [2.24, 2.45) is 0 Å². The van der Waals surface area contributed by atoms with Gasteiger partial charge in [-0.3, -0.25) is 4.79 Å². The minimum absolute atomic E-state index is 0.106. The van der Waals surface area contributed by atoms with Crippen molar-refractivity contribution < 1.29 is 18.7 Å². The standard InChI is InChI=1S/C20H19N3O4S/c1-13(19(24)21-11-15-7-8-16-17(9-15)26-12-25-16)28-20-23-22-18(27-20)10-14-5-3-2-4-6-14/h2-9,13H,10-12H2,1H3,(H,21,24). The lowest BCUT2D eigenvalue weighted by molar-refractivity contribution is -0.120. The number of ether oxygens (including phenoxy) is 2. The Morgan fingerprint density at radius 2 is 1.93 bits per heavy atom. The van der Waals surface area contributed by atoms with Crippen molar-refractivity contribution in [1.82, 2.24) is 15.5 Å². The average Bonchev–Trinajstić information content (AvgIpc) is 3.35. The third-order valence-electron chi connectivity index (χ3n) is 4.20. The fraction of sp³-hybridized carbons (Fsp3) is 0.250. The van der Waals surface area contributed by atoms with Gasteiger partial charge < -0.3 is 19.2 Å². The van der Waals surface area contributed by atoms with E-state index in [4.69, 9.17) is 13.9 Å². The maximum absolute atomic E-state index is 12.4. The molecule has 1 amide bonds. The van der Waals surface area contributed by atoms with Gasteiger partial charge in [-0.25, -0.2) is 0 Å². The lowest BCUT2D eigenvalue weighted by Gasteiger charge is -2.10. The highest BCUT2D eigenvalue weighted by molar-refractivity contribution is 8.00. The quantitative estimate of drug-likeness (QED) is 0.613. The van der Waals surface area contributed by atoms with Crippen LogP contribution in [0.2, 0.25) is 0 Å². The number of carbonyl (C=O) groups excluding carboxylic acids is 1. The summed E-state index contributed by atoms with van der Waals surface area (Å²) in [7, 11) is 0. The Morgan fingerprint density at radius 3 is 2.79 bits per heavy atom. The second-order valence-electron chi connectivity index (χ2n) is 6.29. The van der Waals surface area contributed by atoms with Gasteiger partial charge in [0.05, 0.1) is 11.7 Å². The lowest BCUT2D eigenvalue weighted by Crippen LogP contribution is -2.30. The molecule has 0 radical (unpaired) electrons. The third-order valence-corrected chi connectivity index (χ3v) is 5.13. The van der Waals surface area contributed by atoms with E-state index in [1.54, 1.807) is 6.92 Å². The van der Waals surface area contributed by atoms with E-state index in [1.807, 2.05) is 48.5 Å². The number of amides is 1. The van der Waals surface area contributed by atoms with Gasteiger partial charge in [0, 0.05) is 6.54 Å². The summed E-state index contributed by atoms with van der Waals surface area (Å²) in [4.78, 5) is 12.4. The van der Waals surface area contributed by atoms with Crippen molar-refractivity contribution in [3.05, 3.63) is 65.5 Å². The summed E-state index contributed by atoms with van der Waals surface area (Å²) in [5.41, 5.74) is 2.04. The molecule has 7 nitrogen and oxygen atoms in total. The van der Waals surface area contributed by atoms with Crippen LogP contribution in [-0.4, -0.2) is 28.1 Å². The van der Waals surface area contributed by atoms with Crippen LogP contribution in [0.25, 0.3) is 0 Å². The predicted molar refractivity (Wildman–Crippen MR) is 103 cm³/mol. The van der Waals surface area contributed by atoms with Crippen LogP contribution in [0.5, 0.6) is 11.5 Å². The zero-order valence-electron chi connectivity index (χ0n) is 15.3. The molecular formula is C20H19N3O4S. The Bertz CT molecular complexity index is 961. The number of rotatable bonds is 7. The van der Waals surface area contributed by atoms with Crippen LogP contribution in [0.4, 0.5) is 0 Å². The van der Waals surface area contributed by atoms with Gasteiger partial charge >= 0.3 is 0 Å². The predicted octanol–water partition coefficient (Wildman–Crippen LogP) is 3.19. The van der Waals surface area contributed by atoms with Crippen molar-refractivity contribution in [2.75, 3.05) is 6.79 Å². The van der Waals surface area contributed by atoms with Crippen LogP contribution in [0.1, 0.15) is 23.9 Å². The second kappa shape index (κ2) is 8.35. The molecule has 28 heavy (non-hydrogen) atoms. The van der Waals surface area contributed by atoms with Gasteiger partial charge in [0.2, 0.25) is 18.6 Å². The number of thioether (sulfide) groups is 1. The summed E-state index contributed by atoms with van der Waals surface area (Å²) in [6.45, 7) is 2.44. The van der Waals surface area contributed by atoms with Gasteiger partial charge in [0.15, 0.2) is 11.5 Å². The normalized spacial score (nSPS) is 13.3. The summed E-state index contributed by atoms with van der Waals surface area (Å²) in [5, 5.41) is 11.0. The zero-order chi connectivity index (χ0) is 19.3. The number of carbonyl (C=O) groups is 1. The zero-order valence-corrected chi connectivity index (χ0v) is 16.1. The molecule has 1 atom stereocenters. The van der Waals surface area contributed by atoms with Crippen LogP contribution < -0.4 is 14.8 Å². The maximum atomic E-state index is 12.4. The fourth-order valence-electron chi connectivity index (χ4n) is 2.72. The number of hydrogen-bond acceptors (Lipinski definition) is 7. The summed E-state index contributed by atoms with van der Waals surface area (Å²) in [6.07, 6.45) is 0.569. The van der Waals surface area contributed by atoms with E-state index in [1.165, 1.54) is 11.8 Å². The Morgan fingerprint density at radius 1 is 1.11 bits per heavy atom. The maximum Gasteiger partial charge on any atom is 0.277 e. The number of nitrogens with zero attached hydrogens (tertiary/aromatic N) is 2. The Hall–Kier alpha value is -3.00. The topological polar surface area (TPSA) is 86.5 Å². The number of hydrogen-bond donors (Lipinski definition) is 1. The van der Waals surface area contributed by atoms with Gasteiger partial charge in [0.25, 0.3) is 5.22 Å². The molecule has 4 rings (SSSR count).